The number of ether oxygens (including phenoxy) is 2. The fourth-order valence-electron chi connectivity index (χ4n) is 3.96. The molecule has 2 N–H and O–H groups in total. The molecule has 0 fully saturated rings. The van der Waals surface area contributed by atoms with Gasteiger partial charge in [-0.1, -0.05) is 0 Å². The fourth-order valence-corrected chi connectivity index (χ4v) is 3.96. The Morgan fingerprint density at radius 2 is 1.67 bits per heavy atom. The van der Waals surface area contributed by atoms with Crippen LogP contribution in [0.25, 0.3) is 56.1 Å². The van der Waals surface area contributed by atoms with E-state index in [4.69, 9.17) is 19.4 Å². The number of aromatic nitrogens is 8. The number of nitrogens with one attached hydrogen (secondary N) is 2. The second kappa shape index (κ2) is 6.82. The van der Waals surface area contributed by atoms with Gasteiger partial charge in [0.1, 0.15) is 17.4 Å². The van der Waals surface area contributed by atoms with Crippen LogP contribution < -0.4 is 9.47 Å². The summed E-state index contributed by atoms with van der Waals surface area (Å²) in [5, 5.41) is 7.51. The monoisotopic (exact) mass is 434 g/mol. The molecular formula is C23H14N8O2. The quantitative estimate of drug-likeness (QED) is 0.431. The summed E-state index contributed by atoms with van der Waals surface area (Å²) in [5.41, 5.74) is 6.91. The Labute approximate surface area is 185 Å². The standard InChI is InChI=1S/C23H14N8O2/c1-4-17-18(33-11-32-17)7-12(1)19-20-15(5-6-26-19)28-23(29-20)22-21-16(30-31-22)3-2-14(27-21)13-8-24-10-25-9-13/h1-10H,11H2,(H,28,29)(H,30,31). The lowest BCUT2D eigenvalue weighted by Gasteiger charge is -2.03. The summed E-state index contributed by atoms with van der Waals surface area (Å²) in [5.74, 6) is 2.02. The minimum atomic E-state index is 0.222. The van der Waals surface area contributed by atoms with Crippen molar-refractivity contribution >= 4 is 22.1 Å². The van der Waals surface area contributed by atoms with Gasteiger partial charge in [0.2, 0.25) is 6.79 Å². The first-order valence-electron chi connectivity index (χ1n) is 10.2. The zero-order valence-corrected chi connectivity index (χ0v) is 17.0. The summed E-state index contributed by atoms with van der Waals surface area (Å²) in [4.78, 5) is 25.7. The summed E-state index contributed by atoms with van der Waals surface area (Å²) in [6.45, 7) is 0.222. The van der Waals surface area contributed by atoms with Crippen LogP contribution in [0.3, 0.4) is 0 Å². The maximum absolute atomic E-state index is 5.52. The van der Waals surface area contributed by atoms with Crippen molar-refractivity contribution in [1.29, 1.82) is 0 Å². The number of pyridine rings is 2. The molecule has 158 valence electrons. The first-order chi connectivity index (χ1) is 16.3. The van der Waals surface area contributed by atoms with E-state index in [1.54, 1.807) is 18.6 Å². The van der Waals surface area contributed by atoms with Crippen LogP contribution in [-0.4, -0.2) is 46.9 Å². The van der Waals surface area contributed by atoms with Crippen molar-refractivity contribution < 1.29 is 9.47 Å². The van der Waals surface area contributed by atoms with Crippen molar-refractivity contribution in [3.05, 3.63) is 61.3 Å². The zero-order chi connectivity index (χ0) is 21.8. The van der Waals surface area contributed by atoms with Gasteiger partial charge in [-0.15, -0.1) is 0 Å². The number of benzene rings is 1. The number of aromatic amines is 2. The molecule has 6 heterocycles. The predicted molar refractivity (Wildman–Crippen MR) is 119 cm³/mol. The second-order valence-corrected chi connectivity index (χ2v) is 7.50. The van der Waals surface area contributed by atoms with Gasteiger partial charge in [-0.2, -0.15) is 5.10 Å². The summed E-state index contributed by atoms with van der Waals surface area (Å²) < 4.78 is 10.9. The summed E-state index contributed by atoms with van der Waals surface area (Å²) in [6, 6.07) is 11.5. The van der Waals surface area contributed by atoms with Crippen LogP contribution in [0, 0.1) is 0 Å². The van der Waals surface area contributed by atoms with Crippen molar-refractivity contribution in [3.8, 4) is 45.5 Å². The molecule has 1 aliphatic rings. The van der Waals surface area contributed by atoms with Crippen LogP contribution >= 0.6 is 0 Å². The van der Waals surface area contributed by atoms with Crippen LogP contribution in [0.5, 0.6) is 11.5 Å². The van der Waals surface area contributed by atoms with Gasteiger partial charge >= 0.3 is 0 Å². The van der Waals surface area contributed by atoms with Crippen LogP contribution in [0.1, 0.15) is 0 Å². The molecule has 0 amide bonds. The number of nitrogens with zero attached hydrogens (tertiary/aromatic N) is 6. The number of fused-ring (bicyclic) bond motifs is 3. The van der Waals surface area contributed by atoms with E-state index < -0.39 is 0 Å². The van der Waals surface area contributed by atoms with Gasteiger partial charge in [0.25, 0.3) is 0 Å². The summed E-state index contributed by atoms with van der Waals surface area (Å²) in [6.07, 6.45) is 6.70. The topological polar surface area (TPSA) is 127 Å². The number of hydrogen-bond acceptors (Lipinski definition) is 8. The second-order valence-electron chi connectivity index (χ2n) is 7.50. The van der Waals surface area contributed by atoms with Crippen molar-refractivity contribution in [1.82, 2.24) is 40.1 Å². The number of H-pyrrole nitrogens is 2. The average Bonchev–Trinajstić information content (AvgIpc) is 3.60. The lowest BCUT2D eigenvalue weighted by atomic mass is 10.1. The highest BCUT2D eigenvalue weighted by Crippen LogP contribution is 2.37. The molecule has 0 spiro atoms. The van der Waals surface area contributed by atoms with Gasteiger partial charge in [-0.05, 0) is 36.4 Å². The minimum Gasteiger partial charge on any atom is -0.454 e. The molecule has 0 radical (unpaired) electrons. The minimum absolute atomic E-state index is 0.222. The highest BCUT2D eigenvalue weighted by atomic mass is 16.7. The molecular weight excluding hydrogens is 420 g/mol. The van der Waals surface area contributed by atoms with Crippen molar-refractivity contribution in [2.24, 2.45) is 0 Å². The Morgan fingerprint density at radius 3 is 2.61 bits per heavy atom. The first kappa shape index (κ1) is 17.8. The Bertz CT molecular complexity index is 1660. The van der Waals surface area contributed by atoms with E-state index in [9.17, 15) is 0 Å². The van der Waals surface area contributed by atoms with E-state index in [0.717, 1.165) is 44.8 Å². The van der Waals surface area contributed by atoms with Gasteiger partial charge in [-0.3, -0.25) is 10.1 Å². The molecule has 0 unspecified atom stereocenters. The van der Waals surface area contributed by atoms with Gasteiger partial charge in [0.05, 0.1) is 22.4 Å². The lowest BCUT2D eigenvalue weighted by molar-refractivity contribution is 0.174. The third-order valence-electron chi connectivity index (χ3n) is 5.54. The van der Waals surface area contributed by atoms with Gasteiger partial charge in [0.15, 0.2) is 23.0 Å². The van der Waals surface area contributed by atoms with E-state index >= 15 is 0 Å². The fraction of sp³-hybridized carbons (Fsp3) is 0.0435. The Hall–Kier alpha value is -4.86. The SMILES string of the molecule is c1ncc(-c2ccc3[nH]nc(-c4nc5c(-c6ccc7c(c6)OCO7)nccc5[nH]4)c3n2)cn1. The van der Waals surface area contributed by atoms with Gasteiger partial charge < -0.3 is 14.5 Å². The normalized spacial score (nSPS) is 12.6. The van der Waals surface area contributed by atoms with Gasteiger partial charge in [0, 0.05) is 29.7 Å². The lowest BCUT2D eigenvalue weighted by Crippen LogP contribution is -1.92. The van der Waals surface area contributed by atoms with E-state index in [2.05, 4.69) is 30.1 Å². The molecule has 0 bridgehead atoms. The zero-order valence-electron chi connectivity index (χ0n) is 17.0. The maximum atomic E-state index is 5.52. The smallest absolute Gasteiger partial charge is 0.231 e. The average molecular weight is 434 g/mol. The summed E-state index contributed by atoms with van der Waals surface area (Å²) >= 11 is 0. The van der Waals surface area contributed by atoms with E-state index in [0.29, 0.717) is 22.8 Å². The largest absolute Gasteiger partial charge is 0.454 e. The van der Waals surface area contributed by atoms with E-state index in [1.165, 1.54) is 6.33 Å². The van der Waals surface area contributed by atoms with Crippen LogP contribution in [0.15, 0.2) is 61.3 Å². The molecule has 0 aliphatic carbocycles. The van der Waals surface area contributed by atoms with Crippen LogP contribution in [0.4, 0.5) is 0 Å². The van der Waals surface area contributed by atoms with E-state index in [-0.39, 0.29) is 6.79 Å². The van der Waals surface area contributed by atoms with Crippen molar-refractivity contribution in [3.63, 3.8) is 0 Å². The molecule has 0 atom stereocenters. The van der Waals surface area contributed by atoms with Crippen LogP contribution in [-0.2, 0) is 0 Å². The highest BCUT2D eigenvalue weighted by molar-refractivity contribution is 5.95. The van der Waals surface area contributed by atoms with E-state index in [1.807, 2.05) is 36.4 Å². The molecule has 10 heteroatoms. The number of hydrogen-bond donors (Lipinski definition) is 2. The molecule has 0 saturated carbocycles. The maximum Gasteiger partial charge on any atom is 0.231 e. The van der Waals surface area contributed by atoms with Gasteiger partial charge in [-0.25, -0.2) is 19.9 Å². The highest BCUT2D eigenvalue weighted by Gasteiger charge is 2.19. The molecule has 5 aromatic heterocycles. The summed E-state index contributed by atoms with van der Waals surface area (Å²) in [7, 11) is 0. The Balaban J connectivity index is 1.37. The molecule has 10 nitrogen and oxygen atoms in total. The molecule has 1 aromatic carbocycles. The first-order valence-corrected chi connectivity index (χ1v) is 10.2. The van der Waals surface area contributed by atoms with Crippen molar-refractivity contribution in [2.45, 2.75) is 0 Å². The van der Waals surface area contributed by atoms with Crippen LogP contribution in [0.2, 0.25) is 0 Å². The Kier molecular flexibility index (Phi) is 3.68. The molecule has 6 aromatic rings. The molecule has 7 rings (SSSR count). The Morgan fingerprint density at radius 1 is 0.788 bits per heavy atom. The number of imidazole rings is 1. The third-order valence-corrected chi connectivity index (χ3v) is 5.54. The predicted octanol–water partition coefficient (Wildman–Crippen LogP) is 3.75. The molecule has 0 saturated heterocycles. The molecule has 1 aliphatic heterocycles. The van der Waals surface area contributed by atoms with Crippen molar-refractivity contribution in [2.75, 3.05) is 6.79 Å². The molecule has 33 heavy (non-hydrogen) atoms. The number of rotatable bonds is 3. The third kappa shape index (κ3) is 2.81.